The molecular weight excluding hydrogens is 422 g/mol. The molecule has 1 aromatic heterocycles. The molecule has 0 spiro atoms. The summed E-state index contributed by atoms with van der Waals surface area (Å²) >= 11 is 0. The van der Waals surface area contributed by atoms with Crippen LogP contribution in [0.15, 0.2) is 48.5 Å². The number of rotatable bonds is 6. The molecule has 1 fully saturated rings. The van der Waals surface area contributed by atoms with Gasteiger partial charge in [-0.3, -0.25) is 14.8 Å². The molecule has 1 saturated heterocycles. The normalized spacial score (nSPS) is 18.6. The van der Waals surface area contributed by atoms with Gasteiger partial charge >= 0.3 is 0 Å². The number of benzene rings is 2. The minimum Gasteiger partial charge on any atom is -0.380 e. The van der Waals surface area contributed by atoms with Crippen LogP contribution in [0, 0.1) is 5.92 Å². The second-order valence-electron chi connectivity index (χ2n) is 7.57. The van der Waals surface area contributed by atoms with Crippen LogP contribution in [-0.4, -0.2) is 45.8 Å². The number of nitrogens with one attached hydrogen (secondary N) is 2. The lowest BCUT2D eigenvalue weighted by Gasteiger charge is -2.30. The summed E-state index contributed by atoms with van der Waals surface area (Å²) in [5.41, 5.74) is 3.81. The second-order valence-corrected chi connectivity index (χ2v) is 7.57. The summed E-state index contributed by atoms with van der Waals surface area (Å²) in [5.74, 6) is -1.99. The fourth-order valence-corrected chi connectivity index (χ4v) is 3.87. The van der Waals surface area contributed by atoms with Crippen LogP contribution in [-0.2, 0) is 16.1 Å². The molecule has 0 aliphatic carbocycles. The Balaban J connectivity index is 1.49. The number of nitrogens with zero attached hydrogens (tertiary/aromatic N) is 2. The molecule has 168 valence electrons. The van der Waals surface area contributed by atoms with Gasteiger partial charge in [-0.2, -0.15) is 0 Å². The maximum absolute atomic E-state index is 13.5. The smallest absolute Gasteiger partial charge is 0.295 e. The molecule has 2 aromatic carbocycles. The van der Waals surface area contributed by atoms with Gasteiger partial charge in [-0.1, -0.05) is 24.3 Å². The van der Waals surface area contributed by atoms with Gasteiger partial charge in [-0.25, -0.2) is 19.2 Å². The van der Waals surface area contributed by atoms with Crippen LogP contribution in [0.25, 0.3) is 11.0 Å². The van der Waals surface area contributed by atoms with Gasteiger partial charge in [0.2, 0.25) is 0 Å². The highest BCUT2D eigenvalue weighted by Crippen LogP contribution is 2.25. The molecule has 2 atom stereocenters. The van der Waals surface area contributed by atoms with Crippen molar-refractivity contribution < 1.29 is 28.3 Å². The molecule has 10 heteroatoms. The fourth-order valence-electron chi connectivity index (χ4n) is 3.87. The SMILES string of the molecule is O=C(N[C@@H]1CCOC[C@@H]1C(=O)NO)c1ccc(Cn2c(C(F)F)nc3ccccc32)cc1. The number of alkyl halides is 2. The van der Waals surface area contributed by atoms with E-state index in [1.165, 1.54) is 4.57 Å². The first-order valence-electron chi connectivity index (χ1n) is 10.1. The van der Waals surface area contributed by atoms with E-state index in [9.17, 15) is 18.4 Å². The summed E-state index contributed by atoms with van der Waals surface area (Å²) in [5, 5.41) is 11.7. The maximum atomic E-state index is 13.5. The summed E-state index contributed by atoms with van der Waals surface area (Å²) in [6.45, 7) is 0.673. The van der Waals surface area contributed by atoms with Crippen molar-refractivity contribution in [2.45, 2.75) is 25.4 Å². The highest BCUT2D eigenvalue weighted by atomic mass is 19.3. The summed E-state index contributed by atoms with van der Waals surface area (Å²) in [4.78, 5) is 28.5. The molecule has 3 N–H and O–H groups in total. The predicted octanol–water partition coefficient (Wildman–Crippen LogP) is 2.66. The Morgan fingerprint density at radius 1 is 1.19 bits per heavy atom. The highest BCUT2D eigenvalue weighted by Gasteiger charge is 2.33. The standard InChI is InChI=1S/C22H22F2N4O4/c23-19(24)20-25-17-3-1-2-4-18(17)28(20)11-13-5-7-14(8-6-13)21(29)26-16-9-10-32-12-15(16)22(30)27-31/h1-8,15-16,19,31H,9-12H2,(H,26,29)(H,27,30)/t15-,16+/m0/s1. The molecule has 0 radical (unpaired) electrons. The zero-order valence-electron chi connectivity index (χ0n) is 17.0. The number of imidazole rings is 1. The van der Waals surface area contributed by atoms with Crippen molar-refractivity contribution >= 4 is 22.8 Å². The maximum Gasteiger partial charge on any atom is 0.295 e. The topological polar surface area (TPSA) is 105 Å². The predicted molar refractivity (Wildman–Crippen MR) is 110 cm³/mol. The van der Waals surface area contributed by atoms with Crippen LogP contribution >= 0.6 is 0 Å². The van der Waals surface area contributed by atoms with Crippen LogP contribution in [0.4, 0.5) is 8.78 Å². The quantitative estimate of drug-likeness (QED) is 0.401. The molecule has 8 nitrogen and oxygen atoms in total. The van der Waals surface area contributed by atoms with Gasteiger partial charge in [0.1, 0.15) is 0 Å². The van der Waals surface area contributed by atoms with Gasteiger partial charge in [0.25, 0.3) is 18.2 Å². The van der Waals surface area contributed by atoms with Gasteiger partial charge < -0.3 is 14.6 Å². The number of ether oxygens (including phenoxy) is 1. The molecule has 0 bridgehead atoms. The van der Waals surface area contributed by atoms with Crippen molar-refractivity contribution in [2.24, 2.45) is 5.92 Å². The van der Waals surface area contributed by atoms with Crippen LogP contribution in [0.1, 0.15) is 34.6 Å². The Labute approximate surface area is 182 Å². The van der Waals surface area contributed by atoms with E-state index >= 15 is 0 Å². The lowest BCUT2D eigenvalue weighted by molar-refractivity contribution is -0.138. The number of amides is 2. The number of fused-ring (bicyclic) bond motifs is 1. The van der Waals surface area contributed by atoms with E-state index in [1.54, 1.807) is 54.0 Å². The highest BCUT2D eigenvalue weighted by molar-refractivity contribution is 5.95. The first-order chi connectivity index (χ1) is 15.5. The number of halogens is 2. The van der Waals surface area contributed by atoms with Crippen molar-refractivity contribution in [3.8, 4) is 0 Å². The number of hydrogen-bond acceptors (Lipinski definition) is 5. The molecule has 2 heterocycles. The Bertz CT molecular complexity index is 1120. The van der Waals surface area contributed by atoms with Crippen LogP contribution < -0.4 is 10.8 Å². The number of hydroxylamine groups is 1. The minimum atomic E-state index is -2.71. The molecule has 1 aliphatic rings. The van der Waals surface area contributed by atoms with Crippen molar-refractivity contribution in [3.63, 3.8) is 0 Å². The average molecular weight is 444 g/mol. The Hall–Kier alpha value is -3.37. The van der Waals surface area contributed by atoms with Gasteiger partial charge in [0, 0.05) is 24.8 Å². The summed E-state index contributed by atoms with van der Waals surface area (Å²) < 4.78 is 33.7. The molecule has 32 heavy (non-hydrogen) atoms. The monoisotopic (exact) mass is 444 g/mol. The number of carbonyl (C=O) groups excluding carboxylic acids is 2. The largest absolute Gasteiger partial charge is 0.380 e. The number of aromatic nitrogens is 2. The lowest BCUT2D eigenvalue weighted by Crippen LogP contribution is -2.51. The second kappa shape index (κ2) is 9.41. The van der Waals surface area contributed by atoms with E-state index in [4.69, 9.17) is 9.94 Å². The van der Waals surface area contributed by atoms with E-state index in [0.717, 1.165) is 5.56 Å². The first-order valence-corrected chi connectivity index (χ1v) is 10.1. The van der Waals surface area contributed by atoms with Crippen LogP contribution in [0.3, 0.4) is 0 Å². The summed E-state index contributed by atoms with van der Waals surface area (Å²) in [6, 6.07) is 13.1. The van der Waals surface area contributed by atoms with Gasteiger partial charge in [-0.15, -0.1) is 0 Å². The minimum absolute atomic E-state index is 0.0988. The van der Waals surface area contributed by atoms with Gasteiger partial charge in [0.05, 0.1) is 23.6 Å². The molecule has 1 aliphatic heterocycles. The summed E-state index contributed by atoms with van der Waals surface area (Å²) in [7, 11) is 0. The average Bonchev–Trinajstić information content (AvgIpc) is 3.18. The van der Waals surface area contributed by atoms with Crippen LogP contribution in [0.2, 0.25) is 0 Å². The zero-order valence-corrected chi connectivity index (χ0v) is 17.0. The van der Waals surface area contributed by atoms with E-state index in [0.29, 0.717) is 29.6 Å². The van der Waals surface area contributed by atoms with E-state index in [2.05, 4.69) is 10.3 Å². The fraction of sp³-hybridized carbons (Fsp3) is 0.318. The molecule has 3 aromatic rings. The number of para-hydroxylation sites is 2. The van der Waals surface area contributed by atoms with Gasteiger partial charge in [0.15, 0.2) is 5.82 Å². The molecule has 4 rings (SSSR count). The Morgan fingerprint density at radius 3 is 2.66 bits per heavy atom. The van der Waals surface area contributed by atoms with Crippen molar-refractivity contribution in [1.29, 1.82) is 0 Å². The van der Waals surface area contributed by atoms with Crippen molar-refractivity contribution in [3.05, 3.63) is 65.5 Å². The number of carbonyl (C=O) groups is 2. The third-order valence-corrected chi connectivity index (χ3v) is 5.56. The van der Waals surface area contributed by atoms with E-state index < -0.39 is 24.3 Å². The number of hydrogen-bond donors (Lipinski definition) is 3. The lowest BCUT2D eigenvalue weighted by atomic mass is 9.94. The van der Waals surface area contributed by atoms with Gasteiger partial charge in [-0.05, 0) is 36.2 Å². The van der Waals surface area contributed by atoms with Crippen molar-refractivity contribution in [1.82, 2.24) is 20.3 Å². The Morgan fingerprint density at radius 2 is 1.94 bits per heavy atom. The zero-order chi connectivity index (χ0) is 22.7. The van der Waals surface area contributed by atoms with E-state index in [1.807, 2.05) is 0 Å². The third kappa shape index (κ3) is 4.46. The Kier molecular flexibility index (Phi) is 6.42. The first kappa shape index (κ1) is 21.8. The molecular formula is C22H22F2N4O4. The summed E-state index contributed by atoms with van der Waals surface area (Å²) in [6.07, 6.45) is -2.28. The molecule has 0 unspecified atom stereocenters. The third-order valence-electron chi connectivity index (χ3n) is 5.56. The van der Waals surface area contributed by atoms with Crippen molar-refractivity contribution in [2.75, 3.05) is 13.2 Å². The van der Waals surface area contributed by atoms with E-state index in [-0.39, 0.29) is 24.9 Å². The molecule has 2 amide bonds. The molecule has 0 saturated carbocycles. The van der Waals surface area contributed by atoms with Crippen LogP contribution in [0.5, 0.6) is 0 Å².